The fraction of sp³-hybridized carbons (Fsp3) is 0.615. The van der Waals surface area contributed by atoms with Crippen LogP contribution in [0.3, 0.4) is 0 Å². The van der Waals surface area contributed by atoms with Gasteiger partial charge in [-0.1, -0.05) is 45.7 Å². The predicted molar refractivity (Wildman–Crippen MR) is 134 cm³/mol. The number of fused-ring (bicyclic) bond motifs is 1. The summed E-state index contributed by atoms with van der Waals surface area (Å²) in [5.74, 6) is -1.04. The van der Waals surface area contributed by atoms with Gasteiger partial charge in [-0.25, -0.2) is 0 Å². The Kier molecular flexibility index (Phi) is 12.1. The van der Waals surface area contributed by atoms with Gasteiger partial charge in [-0.3, -0.25) is 19.2 Å². The first-order chi connectivity index (χ1) is 16.8. The normalized spacial score (nSPS) is 20.9. The van der Waals surface area contributed by atoms with Crippen LogP contribution in [0.2, 0.25) is 0 Å². The zero-order chi connectivity index (χ0) is 25.6. The Labute approximate surface area is 208 Å². The second kappa shape index (κ2) is 15.0. The summed E-state index contributed by atoms with van der Waals surface area (Å²) < 4.78 is 5.84. The molecule has 0 fully saturated rings. The molecular weight excluding hydrogens is 448 g/mol. The summed E-state index contributed by atoms with van der Waals surface area (Å²) in [7, 11) is 0. The van der Waals surface area contributed by atoms with E-state index in [2.05, 4.69) is 21.3 Å². The summed E-state index contributed by atoms with van der Waals surface area (Å²) >= 11 is 0. The molecule has 1 aromatic carbocycles. The molecule has 4 amide bonds. The molecular formula is C26H40N4O5. The van der Waals surface area contributed by atoms with E-state index < -0.39 is 29.8 Å². The molecule has 1 aliphatic heterocycles. The van der Waals surface area contributed by atoms with E-state index in [-0.39, 0.29) is 18.2 Å². The van der Waals surface area contributed by atoms with Crippen molar-refractivity contribution in [3.63, 3.8) is 0 Å². The Balaban J connectivity index is 2.27. The number of nitrogens with one attached hydrogen (secondary N) is 4. The van der Waals surface area contributed by atoms with Gasteiger partial charge in [-0.2, -0.15) is 0 Å². The van der Waals surface area contributed by atoms with Crippen LogP contribution >= 0.6 is 0 Å². The fourth-order valence-electron chi connectivity index (χ4n) is 3.84. The molecule has 0 unspecified atom stereocenters. The van der Waals surface area contributed by atoms with E-state index >= 15 is 0 Å². The van der Waals surface area contributed by atoms with Gasteiger partial charge in [0.15, 0.2) is 0 Å². The number of hydrogen-bond donors (Lipinski definition) is 4. The summed E-state index contributed by atoms with van der Waals surface area (Å²) in [5, 5.41) is 11.1. The summed E-state index contributed by atoms with van der Waals surface area (Å²) in [6.07, 6.45) is 4.40. The molecule has 0 radical (unpaired) electrons. The lowest BCUT2D eigenvalue weighted by molar-refractivity contribution is -0.131. The molecule has 9 heteroatoms. The molecule has 1 aromatic rings. The lowest BCUT2D eigenvalue weighted by Gasteiger charge is -2.23. The molecule has 0 bridgehead atoms. The van der Waals surface area contributed by atoms with Crippen molar-refractivity contribution in [2.45, 2.75) is 77.8 Å². The molecule has 0 aromatic heterocycles. The van der Waals surface area contributed by atoms with E-state index in [9.17, 15) is 19.2 Å². The molecule has 4 N–H and O–H groups in total. The third-order valence-corrected chi connectivity index (χ3v) is 5.68. The summed E-state index contributed by atoms with van der Waals surface area (Å²) in [5.41, 5.74) is 0.305. The zero-order valence-electron chi connectivity index (χ0n) is 21.2. The van der Waals surface area contributed by atoms with Crippen LogP contribution in [0.4, 0.5) is 0 Å². The van der Waals surface area contributed by atoms with Crippen LogP contribution in [0, 0.1) is 5.92 Å². The second-order valence-electron chi connectivity index (χ2n) is 9.32. The van der Waals surface area contributed by atoms with Crippen LogP contribution in [0.5, 0.6) is 5.75 Å². The minimum Gasteiger partial charge on any atom is -0.493 e. The average Bonchev–Trinajstić information content (AvgIpc) is 2.82. The SMILES string of the molecule is CCCNC(=O)[C@@H]1CC(=O)N[C@@H](CC(C)C)C(=O)NCCCCCCOc2ccccc2C(=O)N1. The van der Waals surface area contributed by atoms with Gasteiger partial charge in [0.2, 0.25) is 17.7 Å². The average molecular weight is 489 g/mol. The minimum absolute atomic E-state index is 0.184. The van der Waals surface area contributed by atoms with E-state index in [1.807, 2.05) is 20.8 Å². The maximum atomic E-state index is 13.1. The number of benzene rings is 1. The van der Waals surface area contributed by atoms with E-state index in [0.717, 1.165) is 25.7 Å². The van der Waals surface area contributed by atoms with Crippen molar-refractivity contribution in [3.8, 4) is 5.75 Å². The van der Waals surface area contributed by atoms with Gasteiger partial charge in [0.25, 0.3) is 5.91 Å². The highest BCUT2D eigenvalue weighted by Crippen LogP contribution is 2.19. The first-order valence-corrected chi connectivity index (χ1v) is 12.7. The molecule has 2 rings (SSSR count). The summed E-state index contributed by atoms with van der Waals surface area (Å²) in [6, 6.07) is 5.07. The van der Waals surface area contributed by atoms with E-state index in [0.29, 0.717) is 43.9 Å². The van der Waals surface area contributed by atoms with Gasteiger partial charge in [-0.15, -0.1) is 0 Å². The Morgan fingerprint density at radius 3 is 2.57 bits per heavy atom. The lowest BCUT2D eigenvalue weighted by atomic mass is 10.0. The monoisotopic (exact) mass is 488 g/mol. The molecule has 9 nitrogen and oxygen atoms in total. The Bertz CT molecular complexity index is 858. The topological polar surface area (TPSA) is 126 Å². The Hall–Kier alpha value is -3.10. The van der Waals surface area contributed by atoms with Crippen LogP contribution in [-0.2, 0) is 14.4 Å². The third-order valence-electron chi connectivity index (χ3n) is 5.68. The van der Waals surface area contributed by atoms with Crippen LogP contribution in [-0.4, -0.2) is 55.4 Å². The van der Waals surface area contributed by atoms with Crippen molar-refractivity contribution >= 4 is 23.6 Å². The Morgan fingerprint density at radius 2 is 1.83 bits per heavy atom. The number of carbonyl (C=O) groups excluding carboxylic acids is 4. The maximum absolute atomic E-state index is 13.1. The molecule has 35 heavy (non-hydrogen) atoms. The van der Waals surface area contributed by atoms with Gasteiger partial charge in [0, 0.05) is 13.1 Å². The number of para-hydroxylation sites is 1. The third kappa shape index (κ3) is 9.96. The maximum Gasteiger partial charge on any atom is 0.255 e. The van der Waals surface area contributed by atoms with Crippen LogP contribution < -0.4 is 26.0 Å². The van der Waals surface area contributed by atoms with Crippen molar-refractivity contribution in [1.29, 1.82) is 0 Å². The number of rotatable bonds is 5. The molecule has 194 valence electrons. The molecule has 0 aliphatic carbocycles. The fourth-order valence-corrected chi connectivity index (χ4v) is 3.84. The minimum atomic E-state index is -1.09. The van der Waals surface area contributed by atoms with Gasteiger partial charge >= 0.3 is 0 Å². The van der Waals surface area contributed by atoms with E-state index in [4.69, 9.17) is 4.74 Å². The molecule has 0 saturated heterocycles. The number of hydrogen-bond acceptors (Lipinski definition) is 5. The highest BCUT2D eigenvalue weighted by atomic mass is 16.5. The van der Waals surface area contributed by atoms with Gasteiger partial charge in [0.1, 0.15) is 17.8 Å². The number of ether oxygens (including phenoxy) is 1. The van der Waals surface area contributed by atoms with Crippen LogP contribution in [0.15, 0.2) is 24.3 Å². The van der Waals surface area contributed by atoms with Crippen molar-refractivity contribution in [2.75, 3.05) is 19.7 Å². The lowest BCUT2D eigenvalue weighted by Crippen LogP contribution is -2.52. The molecule has 2 atom stereocenters. The van der Waals surface area contributed by atoms with Gasteiger partial charge in [0.05, 0.1) is 18.6 Å². The van der Waals surface area contributed by atoms with Gasteiger partial charge < -0.3 is 26.0 Å². The van der Waals surface area contributed by atoms with E-state index in [1.54, 1.807) is 24.3 Å². The highest BCUT2D eigenvalue weighted by molar-refractivity contribution is 6.01. The summed E-state index contributed by atoms with van der Waals surface area (Å²) in [4.78, 5) is 51.5. The quantitative estimate of drug-likeness (QED) is 0.506. The second-order valence-corrected chi connectivity index (χ2v) is 9.32. The van der Waals surface area contributed by atoms with Crippen molar-refractivity contribution in [3.05, 3.63) is 29.8 Å². The summed E-state index contributed by atoms with van der Waals surface area (Å²) in [6.45, 7) is 7.28. The molecule has 1 heterocycles. The number of amides is 4. The van der Waals surface area contributed by atoms with Crippen LogP contribution in [0.25, 0.3) is 0 Å². The zero-order valence-corrected chi connectivity index (χ0v) is 21.2. The molecule has 0 saturated carbocycles. The smallest absolute Gasteiger partial charge is 0.255 e. The predicted octanol–water partition coefficient (Wildman–Crippen LogP) is 2.30. The first-order valence-electron chi connectivity index (χ1n) is 12.7. The first kappa shape index (κ1) is 28.1. The van der Waals surface area contributed by atoms with Crippen molar-refractivity contribution < 1.29 is 23.9 Å². The largest absolute Gasteiger partial charge is 0.493 e. The standard InChI is InChI=1S/C26H40N4O5/c1-4-13-27-26(34)21-17-23(31)29-20(16-18(2)3)25(33)28-14-9-5-6-10-15-35-22-12-8-7-11-19(22)24(32)30-21/h7-8,11-12,18,20-21H,4-6,9-10,13-17H2,1-3H3,(H,27,34)(H,28,33)(H,29,31)(H,30,32)/t20-,21-/m0/s1. The van der Waals surface area contributed by atoms with Crippen molar-refractivity contribution in [1.82, 2.24) is 21.3 Å². The highest BCUT2D eigenvalue weighted by Gasteiger charge is 2.28. The van der Waals surface area contributed by atoms with E-state index in [1.165, 1.54) is 0 Å². The Morgan fingerprint density at radius 1 is 1.09 bits per heavy atom. The van der Waals surface area contributed by atoms with Gasteiger partial charge in [-0.05, 0) is 43.7 Å². The molecule has 0 spiro atoms. The van der Waals surface area contributed by atoms with Crippen molar-refractivity contribution in [2.24, 2.45) is 5.92 Å². The number of carbonyl (C=O) groups is 4. The van der Waals surface area contributed by atoms with Crippen LogP contribution in [0.1, 0.15) is 76.1 Å². The molecule has 1 aliphatic rings.